The summed E-state index contributed by atoms with van der Waals surface area (Å²) >= 11 is 2.27. The van der Waals surface area contributed by atoms with Gasteiger partial charge < -0.3 is 4.90 Å². The van der Waals surface area contributed by atoms with Gasteiger partial charge in [-0.15, -0.1) is 0 Å². The van der Waals surface area contributed by atoms with E-state index in [1.807, 2.05) is 38.2 Å². The van der Waals surface area contributed by atoms with Gasteiger partial charge in [-0.3, -0.25) is 4.79 Å². The van der Waals surface area contributed by atoms with E-state index in [0.29, 0.717) is 0 Å². The first-order valence-corrected chi connectivity index (χ1v) is 6.06. The number of hydrogen-bond acceptors (Lipinski definition) is 1. The molecule has 0 saturated carbocycles. The van der Waals surface area contributed by atoms with Gasteiger partial charge in [-0.05, 0) is 18.6 Å². The summed E-state index contributed by atoms with van der Waals surface area (Å²) in [4.78, 5) is 13.6. The van der Waals surface area contributed by atoms with Crippen LogP contribution in [0.25, 0.3) is 0 Å². The summed E-state index contributed by atoms with van der Waals surface area (Å²) in [6.45, 7) is 2.76. The number of amides is 1. The Balaban J connectivity index is 2.84. The quantitative estimate of drug-likeness (QED) is 0.620. The van der Waals surface area contributed by atoms with Crippen LogP contribution in [0, 0.1) is 6.92 Å². The van der Waals surface area contributed by atoms with Crippen LogP contribution in [0.3, 0.4) is 0 Å². The smallest absolute Gasteiger partial charge is 0.253 e. The second-order valence-corrected chi connectivity index (χ2v) is 4.31. The van der Waals surface area contributed by atoms with E-state index in [4.69, 9.17) is 0 Å². The number of carbonyl (C=O) groups excluding carboxylic acids is 1. The van der Waals surface area contributed by atoms with Gasteiger partial charge in [-0.25, -0.2) is 0 Å². The van der Waals surface area contributed by atoms with E-state index >= 15 is 0 Å². The first-order valence-electron chi connectivity index (χ1n) is 4.54. The molecule has 0 atom stereocenters. The third kappa shape index (κ3) is 2.70. The zero-order valence-corrected chi connectivity index (χ0v) is 10.6. The highest BCUT2D eigenvalue weighted by Crippen LogP contribution is 2.09. The van der Waals surface area contributed by atoms with Gasteiger partial charge in [0.15, 0.2) is 0 Å². The number of rotatable bonds is 3. The van der Waals surface area contributed by atoms with Crippen molar-refractivity contribution in [3.63, 3.8) is 0 Å². The van der Waals surface area contributed by atoms with E-state index < -0.39 is 0 Å². The Hall–Kier alpha value is -0.580. The van der Waals surface area contributed by atoms with Crippen molar-refractivity contribution in [3.05, 3.63) is 35.4 Å². The Morgan fingerprint density at radius 1 is 1.43 bits per heavy atom. The van der Waals surface area contributed by atoms with Crippen LogP contribution in [0.2, 0.25) is 0 Å². The largest absolute Gasteiger partial charge is 0.341 e. The number of carbonyl (C=O) groups is 1. The summed E-state index contributed by atoms with van der Waals surface area (Å²) in [5.74, 6) is 0.111. The van der Waals surface area contributed by atoms with Gasteiger partial charge in [0.25, 0.3) is 5.91 Å². The summed E-state index contributed by atoms with van der Waals surface area (Å²) in [6.07, 6.45) is 0. The molecule has 1 rings (SSSR count). The molecule has 3 heteroatoms. The maximum atomic E-state index is 11.9. The predicted octanol–water partition coefficient (Wildman–Crippen LogP) is 2.50. The fraction of sp³-hybridized carbons (Fsp3) is 0.364. The average molecular weight is 303 g/mol. The van der Waals surface area contributed by atoms with Crippen LogP contribution in [0.1, 0.15) is 15.9 Å². The number of nitrogens with zero attached hydrogens (tertiary/aromatic N) is 1. The monoisotopic (exact) mass is 303 g/mol. The van der Waals surface area contributed by atoms with Gasteiger partial charge in [0.05, 0.1) is 0 Å². The molecule has 1 aromatic carbocycles. The number of benzene rings is 1. The molecule has 14 heavy (non-hydrogen) atoms. The zero-order valence-electron chi connectivity index (χ0n) is 8.46. The average Bonchev–Trinajstić information content (AvgIpc) is 2.18. The van der Waals surface area contributed by atoms with E-state index in [2.05, 4.69) is 22.6 Å². The SMILES string of the molecule is Cc1ccccc1C(=O)N(C)CCI. The minimum Gasteiger partial charge on any atom is -0.341 e. The minimum absolute atomic E-state index is 0.111. The lowest BCUT2D eigenvalue weighted by molar-refractivity contribution is 0.0804. The second kappa shape index (κ2) is 5.34. The summed E-state index contributed by atoms with van der Waals surface area (Å²) in [6, 6.07) is 7.69. The Kier molecular flexibility index (Phi) is 4.38. The Morgan fingerprint density at radius 2 is 2.07 bits per heavy atom. The van der Waals surface area contributed by atoms with Crippen molar-refractivity contribution >= 4 is 28.5 Å². The van der Waals surface area contributed by atoms with E-state index in [-0.39, 0.29) is 5.91 Å². The van der Waals surface area contributed by atoms with Crippen molar-refractivity contribution < 1.29 is 4.79 Å². The third-order valence-electron chi connectivity index (χ3n) is 2.14. The van der Waals surface area contributed by atoms with Crippen molar-refractivity contribution in [1.82, 2.24) is 4.90 Å². The van der Waals surface area contributed by atoms with Gasteiger partial charge in [0, 0.05) is 23.6 Å². The van der Waals surface area contributed by atoms with Gasteiger partial charge in [-0.2, -0.15) is 0 Å². The first-order chi connectivity index (χ1) is 6.66. The van der Waals surface area contributed by atoms with Crippen LogP contribution in [-0.2, 0) is 0 Å². The highest BCUT2D eigenvalue weighted by Gasteiger charge is 2.12. The molecule has 2 nitrogen and oxygen atoms in total. The van der Waals surface area contributed by atoms with Crippen LogP contribution in [0.4, 0.5) is 0 Å². The number of halogens is 1. The van der Waals surface area contributed by atoms with Gasteiger partial charge >= 0.3 is 0 Å². The van der Waals surface area contributed by atoms with Crippen molar-refractivity contribution in [3.8, 4) is 0 Å². The standard InChI is InChI=1S/C11H14INO/c1-9-5-3-4-6-10(9)11(14)13(2)8-7-12/h3-6H,7-8H2,1-2H3. The van der Waals surface area contributed by atoms with E-state index in [0.717, 1.165) is 22.1 Å². The highest BCUT2D eigenvalue weighted by atomic mass is 127. The maximum absolute atomic E-state index is 11.9. The molecule has 0 fully saturated rings. The molecule has 1 amide bonds. The maximum Gasteiger partial charge on any atom is 0.253 e. The minimum atomic E-state index is 0.111. The number of aryl methyl sites for hydroxylation is 1. The Bertz CT molecular complexity index is 325. The predicted molar refractivity (Wildman–Crippen MR) is 67.0 cm³/mol. The Labute approximate surface area is 98.4 Å². The molecule has 0 unspecified atom stereocenters. The fourth-order valence-corrected chi connectivity index (χ4v) is 1.97. The van der Waals surface area contributed by atoms with E-state index in [1.54, 1.807) is 4.90 Å². The van der Waals surface area contributed by atoms with Crippen LogP contribution >= 0.6 is 22.6 Å². The van der Waals surface area contributed by atoms with Crippen LogP contribution < -0.4 is 0 Å². The fourth-order valence-electron chi connectivity index (χ4n) is 1.25. The molecule has 0 saturated heterocycles. The summed E-state index contributed by atoms with van der Waals surface area (Å²) < 4.78 is 0.964. The van der Waals surface area contributed by atoms with Gasteiger partial charge in [-0.1, -0.05) is 40.8 Å². The third-order valence-corrected chi connectivity index (χ3v) is 2.62. The lowest BCUT2D eigenvalue weighted by atomic mass is 10.1. The highest BCUT2D eigenvalue weighted by molar-refractivity contribution is 14.1. The van der Waals surface area contributed by atoms with Gasteiger partial charge in [0.1, 0.15) is 0 Å². The van der Waals surface area contributed by atoms with Crippen molar-refractivity contribution in [2.75, 3.05) is 18.0 Å². The molecule has 0 aliphatic heterocycles. The molecule has 0 bridgehead atoms. The van der Waals surface area contributed by atoms with E-state index in [9.17, 15) is 4.79 Å². The molecule has 0 spiro atoms. The number of alkyl halides is 1. The number of hydrogen-bond donors (Lipinski definition) is 0. The van der Waals surface area contributed by atoms with Crippen LogP contribution in [0.5, 0.6) is 0 Å². The summed E-state index contributed by atoms with van der Waals surface area (Å²) in [5, 5.41) is 0. The zero-order chi connectivity index (χ0) is 10.6. The van der Waals surface area contributed by atoms with Crippen LogP contribution in [-0.4, -0.2) is 28.8 Å². The van der Waals surface area contributed by atoms with E-state index in [1.165, 1.54) is 0 Å². The molecule has 0 radical (unpaired) electrons. The molecular weight excluding hydrogens is 289 g/mol. The summed E-state index contributed by atoms with van der Waals surface area (Å²) in [5.41, 5.74) is 1.85. The summed E-state index contributed by atoms with van der Waals surface area (Å²) in [7, 11) is 1.84. The molecule has 76 valence electrons. The molecule has 1 aromatic rings. The lowest BCUT2D eigenvalue weighted by Gasteiger charge is -2.16. The van der Waals surface area contributed by atoms with Crippen molar-refractivity contribution in [2.45, 2.75) is 6.92 Å². The van der Waals surface area contributed by atoms with Crippen LogP contribution in [0.15, 0.2) is 24.3 Å². The topological polar surface area (TPSA) is 20.3 Å². The second-order valence-electron chi connectivity index (χ2n) is 3.23. The molecule has 0 aliphatic rings. The molecule has 0 heterocycles. The van der Waals surface area contributed by atoms with Gasteiger partial charge in [0.2, 0.25) is 0 Å². The van der Waals surface area contributed by atoms with Crippen molar-refractivity contribution in [1.29, 1.82) is 0 Å². The van der Waals surface area contributed by atoms with Crippen molar-refractivity contribution in [2.24, 2.45) is 0 Å². The normalized spacial score (nSPS) is 9.93. The Morgan fingerprint density at radius 3 is 2.64 bits per heavy atom. The molecule has 0 aromatic heterocycles. The molecular formula is C11H14INO. The molecule has 0 aliphatic carbocycles. The molecule has 0 N–H and O–H groups in total. The lowest BCUT2D eigenvalue weighted by Crippen LogP contribution is -2.28. The first kappa shape index (κ1) is 11.5.